The Balaban J connectivity index is 1.45. The predicted octanol–water partition coefficient (Wildman–Crippen LogP) is 4.51. The summed E-state index contributed by atoms with van der Waals surface area (Å²) in [6, 6.07) is 9.00. The lowest BCUT2D eigenvalue weighted by atomic mass is 9.83. The molecule has 6 rings (SSSR count). The van der Waals surface area contributed by atoms with Gasteiger partial charge < -0.3 is 10.6 Å². The van der Waals surface area contributed by atoms with Crippen molar-refractivity contribution in [2.24, 2.45) is 5.73 Å². The molecule has 33 heavy (non-hydrogen) atoms. The lowest BCUT2D eigenvalue weighted by Crippen LogP contribution is -2.52. The summed E-state index contributed by atoms with van der Waals surface area (Å²) in [5, 5.41) is 0.742. The molecular formula is C25H25ClN4O2S. The van der Waals surface area contributed by atoms with E-state index in [2.05, 4.69) is 28.1 Å². The fourth-order valence-electron chi connectivity index (χ4n) is 5.42. The molecule has 8 heteroatoms. The quantitative estimate of drug-likeness (QED) is 0.556. The second-order valence-corrected chi connectivity index (χ2v) is 10.9. The molecule has 0 bridgehead atoms. The molecule has 3 aromatic rings. The fraction of sp³-hybridized carbons (Fsp3) is 0.400. The van der Waals surface area contributed by atoms with E-state index in [1.165, 1.54) is 16.2 Å². The summed E-state index contributed by atoms with van der Waals surface area (Å²) in [7, 11) is 0. The number of nitrogens with two attached hydrogens (primary N) is 1. The number of fused-ring (bicyclic) bond motifs is 2. The number of hydrogen-bond acceptors (Lipinski definition) is 6. The lowest BCUT2D eigenvalue weighted by molar-refractivity contribution is -0.138. The van der Waals surface area contributed by atoms with Crippen LogP contribution in [-0.4, -0.2) is 40.3 Å². The summed E-state index contributed by atoms with van der Waals surface area (Å²) in [5.41, 5.74) is 11.8. The monoisotopic (exact) mass is 480 g/mol. The van der Waals surface area contributed by atoms with Gasteiger partial charge in [0.2, 0.25) is 11.8 Å². The number of amides is 2. The van der Waals surface area contributed by atoms with Gasteiger partial charge in [0.05, 0.1) is 16.8 Å². The van der Waals surface area contributed by atoms with Gasteiger partial charge in [-0.25, -0.2) is 0 Å². The van der Waals surface area contributed by atoms with Gasteiger partial charge in [0.15, 0.2) is 0 Å². The number of rotatable bonds is 4. The molecule has 2 N–H and O–H groups in total. The highest BCUT2D eigenvalue weighted by atomic mass is 35.5. The molecule has 1 saturated carbocycles. The van der Waals surface area contributed by atoms with Crippen LogP contribution in [0.2, 0.25) is 5.02 Å². The van der Waals surface area contributed by atoms with E-state index in [0.29, 0.717) is 31.5 Å². The third-order valence-electron chi connectivity index (χ3n) is 7.10. The van der Waals surface area contributed by atoms with Crippen LogP contribution in [0.15, 0.2) is 30.5 Å². The van der Waals surface area contributed by atoms with Crippen LogP contribution in [0.5, 0.6) is 0 Å². The van der Waals surface area contributed by atoms with Gasteiger partial charge in [0.25, 0.3) is 0 Å². The molecule has 2 amide bonds. The number of benzene rings is 1. The number of aromatic nitrogens is 1. The summed E-state index contributed by atoms with van der Waals surface area (Å²) < 4.78 is 1.06. The molecule has 1 aromatic carbocycles. The molecule has 2 fully saturated rings. The van der Waals surface area contributed by atoms with E-state index in [1.807, 2.05) is 12.3 Å². The summed E-state index contributed by atoms with van der Waals surface area (Å²) in [5.74, 6) is -0.187. The van der Waals surface area contributed by atoms with Gasteiger partial charge in [-0.1, -0.05) is 11.6 Å². The van der Waals surface area contributed by atoms with Gasteiger partial charge in [0, 0.05) is 64.4 Å². The molecule has 0 unspecified atom stereocenters. The third-order valence-corrected chi connectivity index (χ3v) is 8.46. The van der Waals surface area contributed by atoms with Crippen molar-refractivity contribution in [1.29, 1.82) is 0 Å². The third kappa shape index (κ3) is 3.63. The number of carbonyl (C=O) groups excluding carboxylic acids is 2. The average Bonchev–Trinajstić information content (AvgIpc) is 3.33. The first kappa shape index (κ1) is 21.1. The maximum Gasteiger partial charge on any atom is 0.230 e. The van der Waals surface area contributed by atoms with Crippen molar-refractivity contribution >= 4 is 50.7 Å². The van der Waals surface area contributed by atoms with Crippen LogP contribution in [0.3, 0.4) is 0 Å². The largest absolute Gasteiger partial charge is 0.368 e. The summed E-state index contributed by atoms with van der Waals surface area (Å²) in [4.78, 5) is 33.7. The van der Waals surface area contributed by atoms with E-state index in [4.69, 9.17) is 17.3 Å². The number of likely N-dealkylation sites (tertiary alicyclic amines) is 1. The summed E-state index contributed by atoms with van der Waals surface area (Å²) >= 11 is 8.21. The number of aryl methyl sites for hydroxylation is 1. The van der Waals surface area contributed by atoms with Gasteiger partial charge in [-0.3, -0.25) is 19.5 Å². The van der Waals surface area contributed by atoms with Crippen LogP contribution >= 0.6 is 22.9 Å². The summed E-state index contributed by atoms with van der Waals surface area (Å²) in [6.07, 6.45) is 6.63. The topological polar surface area (TPSA) is 79.5 Å². The fourth-order valence-corrected chi connectivity index (χ4v) is 6.80. The first-order valence-electron chi connectivity index (χ1n) is 11.5. The Morgan fingerprint density at radius 1 is 1.09 bits per heavy atom. The standard InChI is InChI=1S/C25H25ClN4O2S/c26-15-8-14-2-1-7-29(17-10-16(27)11-17)24(14)20(9-15)19-5-6-28-21-12-18(33-25(19)21)13-30-22(31)3-4-23(30)32/h5-6,8-9,12,16-17H,1-4,7,10-11,13,27H2. The second kappa shape index (κ2) is 8.08. The molecule has 2 aliphatic heterocycles. The SMILES string of the molecule is NC1CC(N2CCCc3cc(Cl)cc(-c4ccnc5cc(CN6C(=O)CCC6=O)sc45)c32)C1. The predicted molar refractivity (Wildman–Crippen MR) is 132 cm³/mol. The minimum Gasteiger partial charge on any atom is -0.368 e. The van der Waals surface area contributed by atoms with Crippen molar-refractivity contribution in [3.8, 4) is 11.1 Å². The Bertz CT molecular complexity index is 1270. The zero-order valence-electron chi connectivity index (χ0n) is 18.2. The Hall–Kier alpha value is -2.48. The minimum atomic E-state index is -0.0936. The first-order valence-corrected chi connectivity index (χ1v) is 12.7. The zero-order chi connectivity index (χ0) is 22.7. The van der Waals surface area contributed by atoms with Crippen LogP contribution in [0.1, 0.15) is 42.5 Å². The van der Waals surface area contributed by atoms with Crippen molar-refractivity contribution < 1.29 is 9.59 Å². The number of anilines is 1. The lowest BCUT2D eigenvalue weighted by Gasteiger charge is -2.46. The van der Waals surface area contributed by atoms with E-state index in [0.717, 1.165) is 63.5 Å². The maximum atomic E-state index is 12.1. The van der Waals surface area contributed by atoms with E-state index >= 15 is 0 Å². The van der Waals surface area contributed by atoms with Gasteiger partial charge in [-0.2, -0.15) is 0 Å². The molecule has 4 heterocycles. The van der Waals surface area contributed by atoms with E-state index in [-0.39, 0.29) is 11.8 Å². The van der Waals surface area contributed by atoms with Crippen molar-refractivity contribution in [1.82, 2.24) is 9.88 Å². The molecule has 0 atom stereocenters. The minimum absolute atomic E-state index is 0.0936. The van der Waals surface area contributed by atoms with Gasteiger partial charge in [0.1, 0.15) is 0 Å². The Labute approximate surface area is 201 Å². The summed E-state index contributed by atoms with van der Waals surface area (Å²) in [6.45, 7) is 1.35. The molecule has 6 nitrogen and oxygen atoms in total. The van der Waals surface area contributed by atoms with Gasteiger partial charge >= 0.3 is 0 Å². The van der Waals surface area contributed by atoms with Crippen molar-refractivity contribution in [3.05, 3.63) is 45.9 Å². The molecule has 3 aliphatic rings. The Morgan fingerprint density at radius 2 is 1.88 bits per heavy atom. The van der Waals surface area contributed by atoms with Crippen LogP contribution < -0.4 is 10.6 Å². The van der Waals surface area contributed by atoms with E-state index in [1.54, 1.807) is 11.3 Å². The number of imide groups is 1. The number of thiophene rings is 1. The molecule has 170 valence electrons. The second-order valence-electron chi connectivity index (χ2n) is 9.30. The number of pyridine rings is 1. The molecule has 1 aliphatic carbocycles. The number of carbonyl (C=O) groups is 2. The molecule has 1 saturated heterocycles. The molecular weight excluding hydrogens is 456 g/mol. The highest BCUT2D eigenvalue weighted by Gasteiger charge is 2.35. The molecule has 0 spiro atoms. The van der Waals surface area contributed by atoms with Crippen molar-refractivity contribution in [3.63, 3.8) is 0 Å². The average molecular weight is 481 g/mol. The highest BCUT2D eigenvalue weighted by molar-refractivity contribution is 7.19. The van der Waals surface area contributed by atoms with Crippen LogP contribution in [0.4, 0.5) is 5.69 Å². The van der Waals surface area contributed by atoms with E-state index in [9.17, 15) is 9.59 Å². The first-order chi connectivity index (χ1) is 16.0. The molecule has 2 aromatic heterocycles. The van der Waals surface area contributed by atoms with Crippen LogP contribution in [-0.2, 0) is 22.6 Å². The Kier molecular flexibility index (Phi) is 5.16. The van der Waals surface area contributed by atoms with E-state index < -0.39 is 0 Å². The normalized spacial score (nSPS) is 22.7. The molecule has 0 radical (unpaired) electrons. The van der Waals surface area contributed by atoms with Crippen molar-refractivity contribution in [2.75, 3.05) is 11.4 Å². The van der Waals surface area contributed by atoms with Crippen LogP contribution in [0, 0.1) is 0 Å². The van der Waals surface area contributed by atoms with Crippen molar-refractivity contribution in [2.45, 2.75) is 57.2 Å². The zero-order valence-corrected chi connectivity index (χ0v) is 19.8. The van der Waals surface area contributed by atoms with Gasteiger partial charge in [-0.15, -0.1) is 11.3 Å². The Morgan fingerprint density at radius 3 is 2.64 bits per heavy atom. The highest BCUT2D eigenvalue weighted by Crippen LogP contribution is 2.46. The number of halogens is 1. The van der Waals surface area contributed by atoms with Gasteiger partial charge in [-0.05, 0) is 55.5 Å². The van der Waals surface area contributed by atoms with Crippen LogP contribution in [0.25, 0.3) is 21.3 Å². The number of nitrogens with zero attached hydrogens (tertiary/aromatic N) is 3. The number of hydrogen-bond donors (Lipinski definition) is 1. The smallest absolute Gasteiger partial charge is 0.230 e. The maximum absolute atomic E-state index is 12.1.